The molecule has 0 unspecified atom stereocenters. The highest BCUT2D eigenvalue weighted by Crippen LogP contribution is 2.06. The minimum absolute atomic E-state index is 0.123. The Morgan fingerprint density at radius 2 is 2.17 bits per heavy atom. The summed E-state index contributed by atoms with van der Waals surface area (Å²) in [6.07, 6.45) is 0. The van der Waals surface area contributed by atoms with Gasteiger partial charge in [0.15, 0.2) is 0 Å². The Bertz CT molecular complexity index is 236. The lowest BCUT2D eigenvalue weighted by Crippen LogP contribution is -2.59. The smallest absolute Gasteiger partial charge is 0.354 e. The first-order chi connectivity index (χ1) is 5.41. The van der Waals surface area contributed by atoms with Crippen molar-refractivity contribution < 1.29 is 9.63 Å². The van der Waals surface area contributed by atoms with E-state index in [1.165, 1.54) is 0 Å². The van der Waals surface area contributed by atoms with Gasteiger partial charge in [0.1, 0.15) is 6.54 Å². The van der Waals surface area contributed by atoms with Crippen molar-refractivity contribution in [2.24, 2.45) is 10.9 Å². The predicted octanol–water partition coefficient (Wildman–Crippen LogP) is -2.81. The van der Waals surface area contributed by atoms with Crippen molar-refractivity contribution in [3.05, 3.63) is 0 Å². The van der Waals surface area contributed by atoms with Crippen LogP contribution in [0.4, 0.5) is 0 Å². The van der Waals surface area contributed by atoms with E-state index < -0.39 is 11.2 Å². The highest BCUT2D eigenvalue weighted by atomic mass is 16.7. The quantitative estimate of drug-likeness (QED) is 0.331. The number of nitrogens with zero attached hydrogens (tertiary/aromatic N) is 2. The fraction of sp³-hybridized carbons (Fsp3) is 0.500. The summed E-state index contributed by atoms with van der Waals surface area (Å²) >= 11 is 0. The predicted molar refractivity (Wildman–Crippen MR) is 44.4 cm³/mol. The molecule has 1 rings (SSSR count). The van der Waals surface area contributed by atoms with Crippen molar-refractivity contribution in [3.63, 3.8) is 0 Å². The van der Waals surface area contributed by atoms with Crippen molar-refractivity contribution in [2.75, 3.05) is 6.54 Å². The molecule has 0 amide bonds. The lowest BCUT2D eigenvalue weighted by molar-refractivity contribution is -0.146. The molecule has 0 aromatic rings. The van der Waals surface area contributed by atoms with E-state index in [2.05, 4.69) is 9.99 Å². The standard InChI is InChI=1S/C4H4B3N3O2/c5-4(6,7)10-1-2(11)12-9-3(10)8/h1H2,(H2,8,9). The van der Waals surface area contributed by atoms with Gasteiger partial charge in [-0.25, -0.2) is 4.79 Å². The average molecular weight is 159 g/mol. The van der Waals surface area contributed by atoms with Gasteiger partial charge in [0.25, 0.3) is 0 Å². The summed E-state index contributed by atoms with van der Waals surface area (Å²) in [6, 6.07) is 0. The lowest BCUT2D eigenvalue weighted by atomic mass is 9.48. The van der Waals surface area contributed by atoms with Gasteiger partial charge in [0.2, 0.25) is 5.96 Å². The minimum atomic E-state index is -1.70. The van der Waals surface area contributed by atoms with Crippen LogP contribution in [0.3, 0.4) is 0 Å². The van der Waals surface area contributed by atoms with Crippen LogP contribution in [-0.2, 0) is 9.63 Å². The molecule has 1 aliphatic heterocycles. The summed E-state index contributed by atoms with van der Waals surface area (Å²) in [7, 11) is 15.8. The summed E-state index contributed by atoms with van der Waals surface area (Å²) < 4.78 is 0. The lowest BCUT2D eigenvalue weighted by Gasteiger charge is -2.38. The molecule has 12 heavy (non-hydrogen) atoms. The summed E-state index contributed by atoms with van der Waals surface area (Å²) in [5.41, 5.74) is 5.29. The van der Waals surface area contributed by atoms with Gasteiger partial charge in [-0.1, -0.05) is 5.24 Å². The molecule has 8 heteroatoms. The summed E-state index contributed by atoms with van der Waals surface area (Å²) in [6.45, 7) is -0.209. The SMILES string of the molecule is [B]C([B])([B])N1CC(=O)ON=C1N. The van der Waals surface area contributed by atoms with E-state index in [4.69, 9.17) is 29.3 Å². The zero-order chi connectivity index (χ0) is 9.35. The van der Waals surface area contributed by atoms with Gasteiger partial charge < -0.3 is 15.5 Å². The molecule has 1 heterocycles. The minimum Gasteiger partial charge on any atom is -0.367 e. The molecular weight excluding hydrogens is 154 g/mol. The van der Waals surface area contributed by atoms with Gasteiger partial charge in [-0.3, -0.25) is 0 Å². The fourth-order valence-electron chi connectivity index (χ4n) is 0.721. The Morgan fingerprint density at radius 3 is 2.58 bits per heavy atom. The number of hydrogen-bond donors (Lipinski definition) is 1. The van der Waals surface area contributed by atoms with Gasteiger partial charge in [-0.05, 0) is 5.16 Å². The van der Waals surface area contributed by atoms with E-state index in [0.29, 0.717) is 0 Å². The third-order valence-electron chi connectivity index (χ3n) is 1.27. The normalized spacial score (nSPS) is 18.5. The molecule has 1 aliphatic rings. The molecule has 0 aromatic carbocycles. The van der Waals surface area contributed by atoms with Crippen molar-refractivity contribution in [3.8, 4) is 0 Å². The molecular formula is C4H4B3N3O2. The molecule has 0 aliphatic carbocycles. The molecule has 56 valence electrons. The van der Waals surface area contributed by atoms with E-state index in [1.54, 1.807) is 0 Å². The Morgan fingerprint density at radius 1 is 1.58 bits per heavy atom. The summed E-state index contributed by atoms with van der Waals surface area (Å²) in [4.78, 5) is 15.9. The Balaban J connectivity index is 2.83. The van der Waals surface area contributed by atoms with Crippen molar-refractivity contribution in [1.82, 2.24) is 4.90 Å². The average Bonchev–Trinajstić information content (AvgIpc) is 1.92. The maximum Gasteiger partial charge on any atom is 0.354 e. The van der Waals surface area contributed by atoms with Crippen molar-refractivity contribution in [2.45, 2.75) is 5.24 Å². The highest BCUT2D eigenvalue weighted by molar-refractivity contribution is 6.59. The van der Waals surface area contributed by atoms with E-state index >= 15 is 0 Å². The van der Waals surface area contributed by atoms with Crippen LogP contribution in [0.5, 0.6) is 0 Å². The number of guanidine groups is 1. The highest BCUT2D eigenvalue weighted by Gasteiger charge is 2.28. The largest absolute Gasteiger partial charge is 0.367 e. The monoisotopic (exact) mass is 159 g/mol. The second kappa shape index (κ2) is 2.77. The number of oxime groups is 1. The van der Waals surface area contributed by atoms with E-state index in [-0.39, 0.29) is 12.5 Å². The van der Waals surface area contributed by atoms with Crippen LogP contribution < -0.4 is 5.73 Å². The Labute approximate surface area is 73.5 Å². The number of nitrogens with two attached hydrogens (primary N) is 1. The number of carbonyl (C=O) groups is 1. The van der Waals surface area contributed by atoms with Gasteiger partial charge >= 0.3 is 5.97 Å². The fourth-order valence-corrected chi connectivity index (χ4v) is 0.721. The van der Waals surface area contributed by atoms with Crippen LogP contribution in [0.25, 0.3) is 0 Å². The number of rotatable bonds is 1. The van der Waals surface area contributed by atoms with E-state index in [0.717, 1.165) is 4.90 Å². The first-order valence-corrected chi connectivity index (χ1v) is 3.09. The van der Waals surface area contributed by atoms with Gasteiger partial charge in [0, 0.05) is 0 Å². The molecule has 0 atom stereocenters. The van der Waals surface area contributed by atoms with E-state index in [1.807, 2.05) is 0 Å². The van der Waals surface area contributed by atoms with Crippen LogP contribution >= 0.6 is 0 Å². The maximum atomic E-state index is 10.7. The van der Waals surface area contributed by atoms with Gasteiger partial charge in [0.05, 0.1) is 23.5 Å². The molecule has 0 aromatic heterocycles. The van der Waals surface area contributed by atoms with Crippen LogP contribution in [0, 0.1) is 0 Å². The summed E-state index contributed by atoms with van der Waals surface area (Å²) in [5.74, 6) is -0.739. The first kappa shape index (κ1) is 9.03. The second-order valence-corrected chi connectivity index (χ2v) is 2.39. The molecule has 0 saturated carbocycles. The third-order valence-corrected chi connectivity index (χ3v) is 1.27. The number of carbonyl (C=O) groups excluding carboxylic acids is 1. The molecule has 0 bridgehead atoms. The molecule has 0 saturated heterocycles. The third kappa shape index (κ3) is 1.75. The van der Waals surface area contributed by atoms with Crippen LogP contribution in [0.1, 0.15) is 0 Å². The van der Waals surface area contributed by atoms with E-state index in [9.17, 15) is 4.79 Å². The maximum absolute atomic E-state index is 10.7. The van der Waals surface area contributed by atoms with Crippen LogP contribution in [0.15, 0.2) is 5.16 Å². The molecule has 6 radical (unpaired) electrons. The Kier molecular flexibility index (Phi) is 2.08. The summed E-state index contributed by atoms with van der Waals surface area (Å²) in [5, 5.41) is 1.49. The zero-order valence-corrected chi connectivity index (χ0v) is 6.23. The van der Waals surface area contributed by atoms with Crippen LogP contribution in [0.2, 0.25) is 0 Å². The first-order valence-electron chi connectivity index (χ1n) is 3.09. The molecule has 0 fully saturated rings. The number of hydrogen-bond acceptors (Lipinski definition) is 5. The molecule has 0 spiro atoms. The van der Waals surface area contributed by atoms with Crippen LogP contribution in [-0.4, -0.2) is 52.1 Å². The Hall–Kier alpha value is -1.07. The topological polar surface area (TPSA) is 67.9 Å². The van der Waals surface area contributed by atoms with Crippen molar-refractivity contribution >= 4 is 35.5 Å². The zero-order valence-electron chi connectivity index (χ0n) is 6.23. The second-order valence-electron chi connectivity index (χ2n) is 2.39. The molecule has 2 N–H and O–H groups in total. The van der Waals surface area contributed by atoms with Gasteiger partial charge in [-0.2, -0.15) is 0 Å². The molecule has 5 nitrogen and oxygen atoms in total. The van der Waals surface area contributed by atoms with Gasteiger partial charge in [-0.15, -0.1) is 0 Å². The van der Waals surface area contributed by atoms with Crippen molar-refractivity contribution in [1.29, 1.82) is 0 Å².